The van der Waals surface area contributed by atoms with Gasteiger partial charge in [0.2, 0.25) is 11.8 Å². The maximum absolute atomic E-state index is 11.3. The molecule has 8 nitrogen and oxygen atoms in total. The lowest BCUT2D eigenvalue weighted by Gasteiger charge is -2.38. The van der Waals surface area contributed by atoms with Crippen LogP contribution >= 0.6 is 11.6 Å². The van der Waals surface area contributed by atoms with Gasteiger partial charge in [-0.25, -0.2) is 9.97 Å². The molecule has 0 spiro atoms. The third kappa shape index (κ3) is 5.27. The molecule has 0 saturated carbocycles. The molecule has 0 aromatic carbocycles. The number of ether oxygens (including phenoxy) is 2. The zero-order valence-electron chi connectivity index (χ0n) is 19.3. The van der Waals surface area contributed by atoms with Gasteiger partial charge in [0.1, 0.15) is 6.10 Å². The molecular formula is C24H31ClN4O4. The quantitative estimate of drug-likeness (QED) is 0.641. The van der Waals surface area contributed by atoms with Gasteiger partial charge in [-0.15, -0.1) is 0 Å². The van der Waals surface area contributed by atoms with Crippen LogP contribution in [0.25, 0.3) is 0 Å². The van der Waals surface area contributed by atoms with Crippen molar-refractivity contribution < 1.29 is 19.4 Å². The minimum absolute atomic E-state index is 0.000877. The van der Waals surface area contributed by atoms with Gasteiger partial charge in [-0.3, -0.25) is 4.79 Å². The Bertz CT molecular complexity index is 973. The van der Waals surface area contributed by atoms with Crippen LogP contribution in [0, 0.1) is 11.8 Å². The molecule has 178 valence electrons. The number of rotatable bonds is 7. The summed E-state index contributed by atoms with van der Waals surface area (Å²) in [6.45, 7) is 6.74. The van der Waals surface area contributed by atoms with Crippen LogP contribution < -0.4 is 19.3 Å². The first-order valence-corrected chi connectivity index (χ1v) is 11.8. The Labute approximate surface area is 199 Å². The maximum atomic E-state index is 11.3. The van der Waals surface area contributed by atoms with Gasteiger partial charge >= 0.3 is 5.97 Å². The van der Waals surface area contributed by atoms with E-state index in [9.17, 15) is 9.90 Å². The second kappa shape index (κ2) is 10.0. The maximum Gasteiger partial charge on any atom is 0.305 e. The van der Waals surface area contributed by atoms with Crippen molar-refractivity contribution in [2.45, 2.75) is 45.3 Å². The summed E-state index contributed by atoms with van der Waals surface area (Å²) in [4.78, 5) is 24.4. The van der Waals surface area contributed by atoms with Crippen molar-refractivity contribution in [1.82, 2.24) is 9.97 Å². The van der Waals surface area contributed by atoms with Crippen molar-refractivity contribution in [2.24, 2.45) is 11.8 Å². The number of nitrogens with zero attached hydrogens (tertiary/aromatic N) is 4. The van der Waals surface area contributed by atoms with E-state index in [2.05, 4.69) is 33.6 Å². The summed E-state index contributed by atoms with van der Waals surface area (Å²) >= 11 is 6.38. The molecule has 2 aliphatic rings. The number of hydrogen-bond acceptors (Lipinski definition) is 7. The van der Waals surface area contributed by atoms with Gasteiger partial charge in [0.25, 0.3) is 0 Å². The molecule has 0 radical (unpaired) electrons. The molecule has 2 aliphatic heterocycles. The Hall–Kier alpha value is -2.74. The number of anilines is 2. The highest BCUT2D eigenvalue weighted by Gasteiger charge is 2.33. The highest BCUT2D eigenvalue weighted by molar-refractivity contribution is 6.33. The number of aliphatic carboxylic acids is 1. The van der Waals surface area contributed by atoms with Crippen LogP contribution in [0.5, 0.6) is 11.8 Å². The summed E-state index contributed by atoms with van der Waals surface area (Å²) < 4.78 is 11.5. The largest absolute Gasteiger partial charge is 0.481 e. The minimum atomic E-state index is -0.765. The molecule has 4 unspecified atom stereocenters. The van der Waals surface area contributed by atoms with Crippen molar-refractivity contribution in [1.29, 1.82) is 0 Å². The molecule has 4 atom stereocenters. The highest BCUT2D eigenvalue weighted by Crippen LogP contribution is 2.34. The van der Waals surface area contributed by atoms with Crippen LogP contribution in [0.4, 0.5) is 11.4 Å². The highest BCUT2D eigenvalue weighted by atomic mass is 35.5. The topological polar surface area (TPSA) is 88.0 Å². The number of methoxy groups -OCH3 is 1. The predicted molar refractivity (Wildman–Crippen MR) is 128 cm³/mol. The lowest BCUT2D eigenvalue weighted by Crippen LogP contribution is -2.44. The van der Waals surface area contributed by atoms with E-state index in [4.69, 9.17) is 21.1 Å². The fraction of sp³-hybridized carbons (Fsp3) is 0.542. The third-order valence-corrected chi connectivity index (χ3v) is 7.07. The number of halogens is 1. The van der Waals surface area contributed by atoms with Crippen LogP contribution in [-0.2, 0) is 4.79 Å². The van der Waals surface area contributed by atoms with Crippen molar-refractivity contribution in [2.75, 3.05) is 36.5 Å². The van der Waals surface area contributed by atoms with Crippen LogP contribution in [0.2, 0.25) is 5.02 Å². The Kier molecular flexibility index (Phi) is 7.12. The molecule has 9 heteroatoms. The van der Waals surface area contributed by atoms with E-state index >= 15 is 0 Å². The molecule has 33 heavy (non-hydrogen) atoms. The summed E-state index contributed by atoms with van der Waals surface area (Å²) in [5.41, 5.74) is 1.87. The molecule has 1 N–H and O–H groups in total. The summed E-state index contributed by atoms with van der Waals surface area (Å²) in [7, 11) is 1.59. The summed E-state index contributed by atoms with van der Waals surface area (Å²) in [6.07, 6.45) is 5.44. The monoisotopic (exact) mass is 474 g/mol. The van der Waals surface area contributed by atoms with Crippen molar-refractivity contribution in [3.05, 3.63) is 35.6 Å². The number of carbonyl (C=O) groups is 1. The molecule has 4 heterocycles. The summed E-state index contributed by atoms with van der Waals surface area (Å²) in [5.74, 6) is 0.989. The third-order valence-electron chi connectivity index (χ3n) is 6.78. The smallest absolute Gasteiger partial charge is 0.305 e. The van der Waals surface area contributed by atoms with E-state index in [1.807, 2.05) is 18.2 Å². The van der Waals surface area contributed by atoms with Gasteiger partial charge in [0.15, 0.2) is 0 Å². The first kappa shape index (κ1) is 23.4. The molecule has 0 amide bonds. The van der Waals surface area contributed by atoms with E-state index in [0.717, 1.165) is 43.9 Å². The molecule has 4 rings (SSSR count). The van der Waals surface area contributed by atoms with Crippen molar-refractivity contribution in [3.63, 3.8) is 0 Å². The molecule has 2 saturated heterocycles. The number of aromatic nitrogens is 2. The van der Waals surface area contributed by atoms with Crippen molar-refractivity contribution in [3.8, 4) is 11.8 Å². The SMILES string of the molecule is COc1cc(N2CCC(Oc3ccc(N4CCC(C)C4CC(=O)O)cn3)C(C)C2)c(Cl)cn1. The summed E-state index contributed by atoms with van der Waals surface area (Å²) in [5, 5.41) is 9.87. The number of carboxylic acid groups (broad SMARTS) is 1. The van der Waals surface area contributed by atoms with Crippen LogP contribution in [0.15, 0.2) is 30.6 Å². The summed E-state index contributed by atoms with van der Waals surface area (Å²) in [6, 6.07) is 5.74. The van der Waals surface area contributed by atoms with Gasteiger partial charge < -0.3 is 24.4 Å². The minimum Gasteiger partial charge on any atom is -0.481 e. The first-order chi connectivity index (χ1) is 15.9. The predicted octanol–water partition coefficient (Wildman–Crippen LogP) is 4.12. The van der Waals surface area contributed by atoms with E-state index in [1.54, 1.807) is 19.5 Å². The van der Waals surface area contributed by atoms with Gasteiger partial charge in [-0.05, 0) is 18.4 Å². The number of hydrogen-bond donors (Lipinski definition) is 1. The van der Waals surface area contributed by atoms with Crippen LogP contribution in [-0.4, -0.2) is 59.9 Å². The fourth-order valence-corrected chi connectivity index (χ4v) is 5.09. The average molecular weight is 475 g/mol. The zero-order valence-corrected chi connectivity index (χ0v) is 20.0. The molecule has 2 fully saturated rings. The Morgan fingerprint density at radius 1 is 1.15 bits per heavy atom. The second-order valence-corrected chi connectivity index (χ2v) is 9.43. The average Bonchev–Trinajstić information content (AvgIpc) is 3.15. The van der Waals surface area contributed by atoms with Gasteiger partial charge in [0, 0.05) is 50.1 Å². The Balaban J connectivity index is 1.38. The second-order valence-electron chi connectivity index (χ2n) is 9.03. The number of carboxylic acids is 1. The van der Waals surface area contributed by atoms with E-state index in [0.29, 0.717) is 22.7 Å². The molecular weight excluding hydrogens is 444 g/mol. The van der Waals surface area contributed by atoms with Gasteiger partial charge in [-0.1, -0.05) is 25.4 Å². The normalized spacial score (nSPS) is 25.2. The Morgan fingerprint density at radius 2 is 1.94 bits per heavy atom. The molecule has 0 bridgehead atoms. The first-order valence-electron chi connectivity index (χ1n) is 11.4. The molecule has 2 aromatic heterocycles. The number of pyridine rings is 2. The van der Waals surface area contributed by atoms with Crippen molar-refractivity contribution >= 4 is 28.9 Å². The van der Waals surface area contributed by atoms with Gasteiger partial charge in [-0.2, -0.15) is 0 Å². The van der Waals surface area contributed by atoms with Crippen LogP contribution in [0.1, 0.15) is 33.1 Å². The number of piperidine rings is 1. The molecule has 2 aromatic rings. The van der Waals surface area contributed by atoms with E-state index in [-0.39, 0.29) is 24.5 Å². The lowest BCUT2D eigenvalue weighted by molar-refractivity contribution is -0.137. The standard InChI is InChI=1S/C24H31ClN4O4/c1-15-6-9-29(19(15)11-24(30)31)17-4-5-22(26-12-17)33-21-7-8-28(14-16(21)2)20-10-23(32-3)27-13-18(20)25/h4-5,10,12-13,15-16,19,21H,6-9,11,14H2,1-3H3,(H,30,31). The van der Waals surface area contributed by atoms with Gasteiger partial charge in [0.05, 0.1) is 42.3 Å². The Morgan fingerprint density at radius 3 is 2.61 bits per heavy atom. The van der Waals surface area contributed by atoms with Crippen LogP contribution in [0.3, 0.4) is 0 Å². The lowest BCUT2D eigenvalue weighted by atomic mass is 9.96. The fourth-order valence-electron chi connectivity index (χ4n) is 4.87. The molecule has 0 aliphatic carbocycles. The zero-order chi connectivity index (χ0) is 23.5. The van der Waals surface area contributed by atoms with E-state index < -0.39 is 5.97 Å². The van der Waals surface area contributed by atoms with E-state index in [1.165, 1.54) is 0 Å².